The summed E-state index contributed by atoms with van der Waals surface area (Å²) in [5, 5.41) is 0. The zero-order chi connectivity index (χ0) is 55.7. The van der Waals surface area contributed by atoms with Crippen molar-refractivity contribution in [3.63, 3.8) is 0 Å². The average Bonchev–Trinajstić information content (AvgIpc) is 3.43. The summed E-state index contributed by atoms with van der Waals surface area (Å²) in [6, 6.07) is 0. The predicted octanol–water partition coefficient (Wildman–Crippen LogP) is 24.0. The number of carbonyl (C=O) groups excluding carboxylic acids is 3. The molecule has 1 atom stereocenters. The van der Waals surface area contributed by atoms with E-state index in [-0.39, 0.29) is 31.1 Å². The Bertz CT molecular complexity index is 1200. The van der Waals surface area contributed by atoms with Crippen LogP contribution >= 0.6 is 0 Å². The third kappa shape index (κ3) is 64.9. The topological polar surface area (TPSA) is 78.9 Å². The molecular weight excluding hydrogens is 949 g/mol. The van der Waals surface area contributed by atoms with Gasteiger partial charge in [-0.15, -0.1) is 0 Å². The van der Waals surface area contributed by atoms with Crippen molar-refractivity contribution in [3.05, 3.63) is 12.2 Å². The molecule has 0 saturated carbocycles. The molecular formula is C71H136O6. The molecule has 0 N–H and O–H groups in total. The van der Waals surface area contributed by atoms with E-state index >= 15 is 0 Å². The SMILES string of the molecule is CCCCC/C=C\CCCCCCCC(=O)OCC(COC(=O)CCCCCCCCCCCCCCCCCCCCCCCCCCCCCCCCCCCC)OC(=O)CCCCCCCCCCCCCCC. The van der Waals surface area contributed by atoms with Gasteiger partial charge in [-0.05, 0) is 44.9 Å². The molecule has 6 heteroatoms. The van der Waals surface area contributed by atoms with Crippen LogP contribution in [0.1, 0.15) is 406 Å². The third-order valence-electron chi connectivity index (χ3n) is 16.3. The molecule has 0 spiro atoms. The molecule has 0 rings (SSSR count). The number of allylic oxidation sites excluding steroid dienone is 2. The van der Waals surface area contributed by atoms with Gasteiger partial charge in [0.2, 0.25) is 0 Å². The fourth-order valence-corrected chi connectivity index (χ4v) is 11.0. The van der Waals surface area contributed by atoms with E-state index in [9.17, 15) is 14.4 Å². The molecule has 6 nitrogen and oxygen atoms in total. The lowest BCUT2D eigenvalue weighted by Gasteiger charge is -2.18. The number of hydrogen-bond acceptors (Lipinski definition) is 6. The molecule has 0 aliphatic heterocycles. The summed E-state index contributed by atoms with van der Waals surface area (Å²) in [5.41, 5.74) is 0. The summed E-state index contributed by atoms with van der Waals surface area (Å²) < 4.78 is 16.9. The Morgan fingerprint density at radius 1 is 0.247 bits per heavy atom. The third-order valence-corrected chi connectivity index (χ3v) is 16.3. The Kier molecular flexibility index (Phi) is 65.1. The van der Waals surface area contributed by atoms with Gasteiger partial charge in [0.05, 0.1) is 0 Å². The highest BCUT2D eigenvalue weighted by molar-refractivity contribution is 5.71. The molecule has 0 saturated heterocycles. The van der Waals surface area contributed by atoms with Crippen molar-refractivity contribution in [2.75, 3.05) is 13.2 Å². The van der Waals surface area contributed by atoms with E-state index in [0.717, 1.165) is 64.2 Å². The summed E-state index contributed by atoms with van der Waals surface area (Å²) in [6.45, 7) is 6.68. The van der Waals surface area contributed by atoms with Crippen molar-refractivity contribution < 1.29 is 28.6 Å². The van der Waals surface area contributed by atoms with E-state index < -0.39 is 6.10 Å². The quantitative estimate of drug-likeness (QED) is 0.0261. The second-order valence-corrected chi connectivity index (χ2v) is 24.2. The minimum Gasteiger partial charge on any atom is -0.462 e. The van der Waals surface area contributed by atoms with Gasteiger partial charge in [-0.25, -0.2) is 0 Å². The van der Waals surface area contributed by atoms with Crippen LogP contribution in [0.15, 0.2) is 12.2 Å². The summed E-state index contributed by atoms with van der Waals surface area (Å²) >= 11 is 0. The summed E-state index contributed by atoms with van der Waals surface area (Å²) in [6.07, 6.45) is 79.9. The molecule has 0 aromatic rings. The molecule has 1 unspecified atom stereocenters. The van der Waals surface area contributed by atoms with Gasteiger partial charge in [-0.3, -0.25) is 14.4 Å². The van der Waals surface area contributed by atoms with Crippen molar-refractivity contribution in [1.82, 2.24) is 0 Å². The Hall–Kier alpha value is -1.85. The van der Waals surface area contributed by atoms with E-state index in [1.54, 1.807) is 0 Å². The molecule has 0 aliphatic rings. The molecule has 456 valence electrons. The Labute approximate surface area is 481 Å². The van der Waals surface area contributed by atoms with Crippen molar-refractivity contribution in [3.8, 4) is 0 Å². The summed E-state index contributed by atoms with van der Waals surface area (Å²) in [4.78, 5) is 38.2. The van der Waals surface area contributed by atoms with Crippen molar-refractivity contribution in [2.45, 2.75) is 412 Å². The second kappa shape index (κ2) is 66.7. The van der Waals surface area contributed by atoms with Gasteiger partial charge in [-0.2, -0.15) is 0 Å². The maximum atomic E-state index is 12.9. The lowest BCUT2D eigenvalue weighted by molar-refractivity contribution is -0.167. The van der Waals surface area contributed by atoms with Gasteiger partial charge in [0.15, 0.2) is 6.10 Å². The molecule has 0 aliphatic carbocycles. The molecule has 0 bridgehead atoms. The second-order valence-electron chi connectivity index (χ2n) is 24.2. The van der Waals surface area contributed by atoms with Crippen LogP contribution in [-0.2, 0) is 28.6 Å². The number of rotatable bonds is 66. The van der Waals surface area contributed by atoms with Crippen molar-refractivity contribution in [2.24, 2.45) is 0 Å². The summed E-state index contributed by atoms with van der Waals surface area (Å²) in [5.74, 6) is -0.847. The van der Waals surface area contributed by atoms with Crippen LogP contribution in [-0.4, -0.2) is 37.2 Å². The zero-order valence-corrected chi connectivity index (χ0v) is 52.5. The first-order valence-corrected chi connectivity index (χ1v) is 35.2. The first-order valence-electron chi connectivity index (χ1n) is 35.2. The van der Waals surface area contributed by atoms with Crippen LogP contribution in [0.25, 0.3) is 0 Å². The highest BCUT2D eigenvalue weighted by Gasteiger charge is 2.19. The first kappa shape index (κ1) is 75.2. The van der Waals surface area contributed by atoms with Gasteiger partial charge in [0, 0.05) is 19.3 Å². The molecule has 0 heterocycles. The van der Waals surface area contributed by atoms with Crippen molar-refractivity contribution in [1.29, 1.82) is 0 Å². The largest absolute Gasteiger partial charge is 0.462 e. The lowest BCUT2D eigenvalue weighted by Crippen LogP contribution is -2.30. The molecule has 0 fully saturated rings. The molecule has 77 heavy (non-hydrogen) atoms. The highest BCUT2D eigenvalue weighted by Crippen LogP contribution is 2.19. The maximum absolute atomic E-state index is 12.9. The monoisotopic (exact) mass is 1090 g/mol. The van der Waals surface area contributed by atoms with Gasteiger partial charge >= 0.3 is 17.9 Å². The van der Waals surface area contributed by atoms with Crippen LogP contribution < -0.4 is 0 Å². The Balaban J connectivity index is 3.98. The zero-order valence-electron chi connectivity index (χ0n) is 52.5. The van der Waals surface area contributed by atoms with Crippen LogP contribution in [0.2, 0.25) is 0 Å². The normalized spacial score (nSPS) is 12.0. The smallest absolute Gasteiger partial charge is 0.306 e. The fraction of sp³-hybridized carbons (Fsp3) is 0.930. The van der Waals surface area contributed by atoms with Crippen LogP contribution in [0.4, 0.5) is 0 Å². The number of ether oxygens (including phenoxy) is 3. The number of esters is 3. The Morgan fingerprint density at radius 2 is 0.429 bits per heavy atom. The fourth-order valence-electron chi connectivity index (χ4n) is 11.0. The number of carbonyl (C=O) groups is 3. The number of unbranched alkanes of at least 4 members (excludes halogenated alkanes) is 53. The van der Waals surface area contributed by atoms with E-state index in [0.29, 0.717) is 19.3 Å². The molecule has 0 aromatic carbocycles. The van der Waals surface area contributed by atoms with E-state index in [4.69, 9.17) is 14.2 Å². The summed E-state index contributed by atoms with van der Waals surface area (Å²) in [7, 11) is 0. The first-order chi connectivity index (χ1) is 38.0. The van der Waals surface area contributed by atoms with Crippen LogP contribution in [0, 0.1) is 0 Å². The highest BCUT2D eigenvalue weighted by atomic mass is 16.6. The van der Waals surface area contributed by atoms with E-state index in [1.165, 1.54) is 302 Å². The lowest BCUT2D eigenvalue weighted by atomic mass is 10.0. The van der Waals surface area contributed by atoms with Crippen LogP contribution in [0.5, 0.6) is 0 Å². The van der Waals surface area contributed by atoms with E-state index in [1.807, 2.05) is 0 Å². The predicted molar refractivity (Wildman–Crippen MR) is 335 cm³/mol. The minimum absolute atomic E-state index is 0.0663. The molecule has 0 radical (unpaired) electrons. The van der Waals surface area contributed by atoms with Gasteiger partial charge in [-0.1, -0.05) is 354 Å². The average molecular weight is 1090 g/mol. The van der Waals surface area contributed by atoms with Gasteiger partial charge in [0.25, 0.3) is 0 Å². The van der Waals surface area contributed by atoms with Crippen molar-refractivity contribution >= 4 is 17.9 Å². The van der Waals surface area contributed by atoms with Crippen LogP contribution in [0.3, 0.4) is 0 Å². The Morgan fingerprint density at radius 3 is 0.675 bits per heavy atom. The van der Waals surface area contributed by atoms with E-state index in [2.05, 4.69) is 32.9 Å². The molecule has 0 amide bonds. The molecule has 0 aromatic heterocycles. The van der Waals surface area contributed by atoms with Gasteiger partial charge < -0.3 is 14.2 Å². The standard InChI is InChI=1S/C71H136O6/c1-4-7-10-13-16-19-22-25-26-27-28-29-30-31-32-33-34-35-36-37-38-39-40-41-42-43-44-45-47-49-52-55-58-61-64-70(73)76-67-68(66-75-69(72)63-60-57-54-51-48-24-21-18-15-12-9-6-3)77-71(74)65-62-59-56-53-50-46-23-20-17-14-11-8-5-2/h18,21,68H,4-17,19-20,22-67H2,1-3H3/b21-18-. The number of hydrogen-bond donors (Lipinski definition) is 0. The minimum atomic E-state index is -0.768. The maximum Gasteiger partial charge on any atom is 0.306 e. The van der Waals surface area contributed by atoms with Gasteiger partial charge in [0.1, 0.15) is 13.2 Å².